The van der Waals surface area contributed by atoms with Crippen LogP contribution in [0, 0.1) is 10.1 Å². The minimum atomic E-state index is -0.421. The van der Waals surface area contributed by atoms with E-state index < -0.39 is 4.92 Å². The molecule has 0 aromatic heterocycles. The number of nitrogens with zero attached hydrogens (tertiary/aromatic N) is 2. The van der Waals surface area contributed by atoms with Gasteiger partial charge in [0.2, 0.25) is 0 Å². The molecule has 19 heavy (non-hydrogen) atoms. The molecular weight excluding hydrogens is 264 g/mol. The van der Waals surface area contributed by atoms with E-state index in [-0.39, 0.29) is 5.69 Å². The second kappa shape index (κ2) is 7.93. The molecule has 0 unspecified atom stereocenters. The zero-order valence-electron chi connectivity index (χ0n) is 10.4. The van der Waals surface area contributed by atoms with Crippen LogP contribution in [0.2, 0.25) is 0 Å². The maximum absolute atomic E-state index is 10.8. The van der Waals surface area contributed by atoms with Gasteiger partial charge < -0.3 is 5.32 Å². The second-order valence-electron chi connectivity index (χ2n) is 3.42. The molecule has 0 aliphatic carbocycles. The minimum Gasteiger partial charge on any atom is -0.362 e. The number of thiocarbonyl (C=S) groups is 1. The van der Waals surface area contributed by atoms with Crippen molar-refractivity contribution < 1.29 is 4.92 Å². The largest absolute Gasteiger partial charge is 0.362 e. The van der Waals surface area contributed by atoms with Crippen LogP contribution in [0.1, 0.15) is 12.5 Å². The van der Waals surface area contributed by atoms with Gasteiger partial charge in [0, 0.05) is 18.8 Å². The van der Waals surface area contributed by atoms with Crippen molar-refractivity contribution in [1.29, 1.82) is 0 Å². The minimum absolute atomic E-state index is 0.0586. The second-order valence-corrected chi connectivity index (χ2v) is 3.83. The highest BCUT2D eigenvalue weighted by Gasteiger charge is 2.08. The highest BCUT2D eigenvalue weighted by molar-refractivity contribution is 7.80. The number of para-hydroxylation sites is 1. The molecule has 100 valence electrons. The highest BCUT2D eigenvalue weighted by atomic mass is 32.1. The third-order valence-electron chi connectivity index (χ3n) is 2.07. The average molecular weight is 278 g/mol. The average Bonchev–Trinajstić information content (AvgIpc) is 2.39. The van der Waals surface area contributed by atoms with Crippen LogP contribution in [0.4, 0.5) is 5.69 Å². The van der Waals surface area contributed by atoms with Gasteiger partial charge in [0.15, 0.2) is 5.11 Å². The molecule has 0 heterocycles. The molecule has 6 nitrogen and oxygen atoms in total. The van der Waals surface area contributed by atoms with E-state index in [4.69, 9.17) is 12.2 Å². The molecule has 1 aromatic carbocycles. The Morgan fingerprint density at radius 3 is 2.95 bits per heavy atom. The third kappa shape index (κ3) is 5.26. The summed E-state index contributed by atoms with van der Waals surface area (Å²) >= 11 is 4.90. The first kappa shape index (κ1) is 14.8. The maximum Gasteiger partial charge on any atom is 0.276 e. The van der Waals surface area contributed by atoms with Crippen LogP contribution in [0.3, 0.4) is 0 Å². The SMILES string of the molecule is CCNC(=S)N/N=C\C=C\c1ccccc1[N+](=O)[O-]. The number of nitro groups is 1. The fourth-order valence-electron chi connectivity index (χ4n) is 1.28. The van der Waals surface area contributed by atoms with E-state index in [1.807, 2.05) is 6.92 Å². The van der Waals surface area contributed by atoms with Gasteiger partial charge in [-0.1, -0.05) is 12.1 Å². The lowest BCUT2D eigenvalue weighted by atomic mass is 10.2. The molecular formula is C12H14N4O2S. The van der Waals surface area contributed by atoms with E-state index in [0.717, 1.165) is 0 Å². The molecule has 0 bridgehead atoms. The monoisotopic (exact) mass is 278 g/mol. The Bertz CT molecular complexity index is 514. The quantitative estimate of drug-likeness (QED) is 0.373. The summed E-state index contributed by atoms with van der Waals surface area (Å²) in [5.41, 5.74) is 3.19. The van der Waals surface area contributed by atoms with Gasteiger partial charge in [0.05, 0.1) is 10.5 Å². The first-order valence-corrected chi connectivity index (χ1v) is 6.03. The number of hydrogen-bond donors (Lipinski definition) is 2. The number of allylic oxidation sites excluding steroid dienone is 1. The molecule has 0 aliphatic heterocycles. The zero-order valence-corrected chi connectivity index (χ0v) is 11.2. The van der Waals surface area contributed by atoms with E-state index >= 15 is 0 Å². The molecule has 0 radical (unpaired) electrons. The van der Waals surface area contributed by atoms with Crippen LogP contribution >= 0.6 is 12.2 Å². The van der Waals surface area contributed by atoms with Crippen molar-refractivity contribution in [1.82, 2.24) is 10.7 Å². The summed E-state index contributed by atoms with van der Waals surface area (Å²) < 4.78 is 0. The standard InChI is InChI=1S/C12H14N4O2S/c1-2-13-12(19)15-14-9-5-7-10-6-3-4-8-11(10)16(17)18/h3-9H,2H2,1H3,(H2,13,15,19)/b7-5+,14-9-. The van der Waals surface area contributed by atoms with E-state index in [2.05, 4.69) is 15.8 Å². The molecule has 2 N–H and O–H groups in total. The Hall–Kier alpha value is -2.28. The molecule has 0 aliphatic rings. The molecule has 1 aromatic rings. The van der Waals surface area contributed by atoms with E-state index in [1.165, 1.54) is 12.3 Å². The Kier molecular flexibility index (Phi) is 6.17. The number of hydrazone groups is 1. The topological polar surface area (TPSA) is 79.6 Å². The van der Waals surface area contributed by atoms with E-state index in [9.17, 15) is 10.1 Å². The van der Waals surface area contributed by atoms with Crippen molar-refractivity contribution in [3.05, 3.63) is 46.0 Å². The van der Waals surface area contributed by atoms with Crippen LogP contribution in [0.5, 0.6) is 0 Å². The summed E-state index contributed by atoms with van der Waals surface area (Å²) in [5, 5.41) is 17.9. The van der Waals surface area contributed by atoms with E-state index in [0.29, 0.717) is 17.2 Å². The molecule has 7 heteroatoms. The van der Waals surface area contributed by atoms with Crippen molar-refractivity contribution in [2.45, 2.75) is 6.92 Å². The van der Waals surface area contributed by atoms with E-state index in [1.54, 1.807) is 30.4 Å². The first-order valence-electron chi connectivity index (χ1n) is 5.62. The lowest BCUT2D eigenvalue weighted by Gasteiger charge is -2.01. The first-order chi connectivity index (χ1) is 9.15. The summed E-state index contributed by atoms with van der Waals surface area (Å²) in [4.78, 5) is 10.4. The number of rotatable bonds is 5. The van der Waals surface area contributed by atoms with Gasteiger partial charge in [-0.25, -0.2) is 0 Å². The van der Waals surface area contributed by atoms with Gasteiger partial charge in [0.25, 0.3) is 5.69 Å². The summed E-state index contributed by atoms with van der Waals surface area (Å²) in [6.07, 6.45) is 4.68. The Labute approximate surface area is 116 Å². The number of hydrogen-bond acceptors (Lipinski definition) is 4. The van der Waals surface area contributed by atoms with Crippen LogP contribution < -0.4 is 10.7 Å². The van der Waals surface area contributed by atoms with Gasteiger partial charge in [0.1, 0.15) is 0 Å². The normalized spacial score (nSPS) is 10.8. The van der Waals surface area contributed by atoms with Crippen molar-refractivity contribution in [2.24, 2.45) is 5.10 Å². The third-order valence-corrected chi connectivity index (χ3v) is 2.31. The fraction of sp³-hybridized carbons (Fsp3) is 0.167. The maximum atomic E-state index is 10.8. The summed E-state index contributed by atoms with van der Waals surface area (Å²) in [7, 11) is 0. The van der Waals surface area contributed by atoms with Crippen molar-refractivity contribution in [3.63, 3.8) is 0 Å². The number of benzene rings is 1. The summed E-state index contributed by atoms with van der Waals surface area (Å²) in [6.45, 7) is 2.64. The Balaban J connectivity index is 2.60. The smallest absolute Gasteiger partial charge is 0.276 e. The molecule has 0 fully saturated rings. The van der Waals surface area contributed by atoms with Crippen molar-refractivity contribution in [2.75, 3.05) is 6.54 Å². The summed E-state index contributed by atoms with van der Waals surface area (Å²) in [5.74, 6) is 0. The lowest BCUT2D eigenvalue weighted by Crippen LogP contribution is -2.31. The van der Waals surface area contributed by atoms with Gasteiger partial charge in [-0.15, -0.1) is 0 Å². The summed E-state index contributed by atoms with van der Waals surface area (Å²) in [6, 6.07) is 6.48. The molecule has 0 saturated carbocycles. The Morgan fingerprint density at radius 1 is 1.53 bits per heavy atom. The number of nitrogens with one attached hydrogen (secondary N) is 2. The zero-order chi connectivity index (χ0) is 14.1. The van der Waals surface area contributed by atoms with Gasteiger partial charge in [-0.3, -0.25) is 15.5 Å². The predicted molar refractivity (Wildman–Crippen MR) is 80.0 cm³/mol. The van der Waals surface area contributed by atoms with Crippen LogP contribution in [0.25, 0.3) is 6.08 Å². The predicted octanol–water partition coefficient (Wildman–Crippen LogP) is 2.08. The highest BCUT2D eigenvalue weighted by Crippen LogP contribution is 2.18. The van der Waals surface area contributed by atoms with Gasteiger partial charge in [-0.05, 0) is 37.4 Å². The number of nitro benzene ring substituents is 1. The molecule has 0 atom stereocenters. The van der Waals surface area contributed by atoms with Crippen molar-refractivity contribution >= 4 is 35.3 Å². The van der Waals surface area contributed by atoms with Gasteiger partial charge >= 0.3 is 0 Å². The van der Waals surface area contributed by atoms with Crippen LogP contribution in [-0.2, 0) is 0 Å². The molecule has 0 amide bonds. The molecule has 1 rings (SSSR count). The Morgan fingerprint density at radius 2 is 2.26 bits per heavy atom. The van der Waals surface area contributed by atoms with Crippen molar-refractivity contribution in [3.8, 4) is 0 Å². The lowest BCUT2D eigenvalue weighted by molar-refractivity contribution is -0.385. The van der Waals surface area contributed by atoms with Crippen LogP contribution in [0.15, 0.2) is 35.4 Å². The fourth-order valence-corrected chi connectivity index (χ4v) is 1.48. The van der Waals surface area contributed by atoms with Gasteiger partial charge in [-0.2, -0.15) is 5.10 Å². The van der Waals surface area contributed by atoms with Crippen LogP contribution in [-0.4, -0.2) is 22.8 Å². The molecule has 0 saturated heterocycles. The molecule has 0 spiro atoms.